The monoisotopic (exact) mass is 420 g/mol. The minimum Gasteiger partial charge on any atom is -0.443 e. The van der Waals surface area contributed by atoms with Gasteiger partial charge in [0.1, 0.15) is 24.6 Å². The molecule has 11 heteroatoms. The van der Waals surface area contributed by atoms with Crippen LogP contribution in [-0.2, 0) is 24.1 Å². The summed E-state index contributed by atoms with van der Waals surface area (Å²) in [5.74, 6) is -0.279. The highest BCUT2D eigenvalue weighted by atomic mass is 19.4. The van der Waals surface area contributed by atoms with E-state index in [0.717, 1.165) is 17.2 Å². The molecular weight excluding hydrogens is 405 g/mol. The standard InChI is InChI=1S/C19H15F3N4O4/c20-19(21,22)16-6-5-14(7-23-16)13-3-1-12(2-4-13)10-29-15-8-25-9-17(26(27)28)24-18(25)30-11-15/h1-7,9,15H,8,10-11H2/t15-/m0/s1. The molecule has 0 saturated heterocycles. The molecule has 1 aliphatic heterocycles. The van der Waals surface area contributed by atoms with Crippen LogP contribution in [0.25, 0.3) is 11.1 Å². The van der Waals surface area contributed by atoms with Crippen LogP contribution in [0.1, 0.15) is 11.3 Å². The number of rotatable bonds is 5. The molecule has 1 atom stereocenters. The smallest absolute Gasteiger partial charge is 0.433 e. The number of pyridine rings is 1. The molecule has 30 heavy (non-hydrogen) atoms. The van der Waals surface area contributed by atoms with Crippen LogP contribution in [0.2, 0.25) is 0 Å². The van der Waals surface area contributed by atoms with E-state index in [2.05, 4.69) is 9.97 Å². The van der Waals surface area contributed by atoms with Crippen molar-refractivity contribution in [2.24, 2.45) is 0 Å². The van der Waals surface area contributed by atoms with Gasteiger partial charge in [-0.25, -0.2) is 0 Å². The van der Waals surface area contributed by atoms with E-state index in [9.17, 15) is 23.3 Å². The molecule has 1 aliphatic rings. The number of imidazole rings is 1. The summed E-state index contributed by atoms with van der Waals surface area (Å²) in [5.41, 5.74) is 1.24. The molecule has 0 N–H and O–H groups in total. The number of aromatic nitrogens is 3. The quantitative estimate of drug-likeness (QED) is 0.460. The number of nitrogens with zero attached hydrogens (tertiary/aromatic N) is 4. The largest absolute Gasteiger partial charge is 0.443 e. The Morgan fingerprint density at radius 2 is 1.93 bits per heavy atom. The van der Waals surface area contributed by atoms with Crippen molar-refractivity contribution in [2.45, 2.75) is 25.4 Å². The van der Waals surface area contributed by atoms with Crippen molar-refractivity contribution < 1.29 is 27.6 Å². The van der Waals surface area contributed by atoms with Gasteiger partial charge in [-0.15, -0.1) is 0 Å². The van der Waals surface area contributed by atoms with Crippen LogP contribution in [0.4, 0.5) is 19.0 Å². The van der Waals surface area contributed by atoms with Gasteiger partial charge in [-0.05, 0) is 22.1 Å². The van der Waals surface area contributed by atoms with E-state index in [-0.39, 0.29) is 31.1 Å². The Labute approximate surface area is 168 Å². The lowest BCUT2D eigenvalue weighted by Gasteiger charge is -2.22. The summed E-state index contributed by atoms with van der Waals surface area (Å²) in [6.07, 6.45) is -2.27. The van der Waals surface area contributed by atoms with Crippen molar-refractivity contribution >= 4 is 5.82 Å². The Morgan fingerprint density at radius 3 is 2.57 bits per heavy atom. The maximum Gasteiger partial charge on any atom is 0.433 e. The zero-order chi connectivity index (χ0) is 21.3. The second kappa shape index (κ2) is 7.75. The molecule has 0 amide bonds. The van der Waals surface area contributed by atoms with Crippen LogP contribution >= 0.6 is 0 Å². The summed E-state index contributed by atoms with van der Waals surface area (Å²) < 4.78 is 50.6. The average molecular weight is 420 g/mol. The molecule has 1 aromatic carbocycles. The minimum atomic E-state index is -4.47. The fraction of sp³-hybridized carbons (Fsp3) is 0.263. The van der Waals surface area contributed by atoms with E-state index in [0.29, 0.717) is 12.1 Å². The van der Waals surface area contributed by atoms with Crippen LogP contribution in [0.5, 0.6) is 6.01 Å². The lowest BCUT2D eigenvalue weighted by atomic mass is 10.1. The summed E-state index contributed by atoms with van der Waals surface area (Å²) in [5, 5.41) is 10.8. The third-order valence-electron chi connectivity index (χ3n) is 4.54. The Hall–Kier alpha value is -3.47. The first-order chi connectivity index (χ1) is 14.3. The second-order valence-electron chi connectivity index (χ2n) is 6.66. The van der Waals surface area contributed by atoms with Crippen molar-refractivity contribution in [1.29, 1.82) is 0 Å². The van der Waals surface area contributed by atoms with Gasteiger partial charge in [0.25, 0.3) is 0 Å². The van der Waals surface area contributed by atoms with Crippen molar-refractivity contribution in [3.63, 3.8) is 0 Å². The minimum absolute atomic E-state index is 0.191. The van der Waals surface area contributed by atoms with Gasteiger partial charge in [0.05, 0.1) is 13.2 Å². The molecule has 3 heterocycles. The lowest BCUT2D eigenvalue weighted by Crippen LogP contribution is -2.32. The van der Waals surface area contributed by atoms with Gasteiger partial charge in [0.15, 0.2) is 0 Å². The van der Waals surface area contributed by atoms with E-state index in [1.54, 1.807) is 12.1 Å². The molecule has 0 unspecified atom stereocenters. The van der Waals surface area contributed by atoms with Crippen LogP contribution in [0, 0.1) is 10.1 Å². The first kappa shape index (κ1) is 19.8. The number of hydrogen-bond donors (Lipinski definition) is 0. The third kappa shape index (κ3) is 4.25. The number of nitro groups is 1. The SMILES string of the molecule is O=[N+]([O-])c1cn2c(n1)OC[C@@H](OCc1ccc(-c3ccc(C(F)(F)F)nc3)cc1)C2. The molecule has 0 fully saturated rings. The molecule has 3 aromatic rings. The van der Waals surface area contributed by atoms with Gasteiger partial charge >= 0.3 is 18.0 Å². The first-order valence-corrected chi connectivity index (χ1v) is 8.88. The number of halogens is 3. The second-order valence-corrected chi connectivity index (χ2v) is 6.66. The topological polar surface area (TPSA) is 92.3 Å². The van der Waals surface area contributed by atoms with E-state index in [1.165, 1.54) is 23.0 Å². The van der Waals surface area contributed by atoms with Gasteiger partial charge in [-0.3, -0.25) is 9.55 Å². The fourth-order valence-electron chi connectivity index (χ4n) is 3.00. The van der Waals surface area contributed by atoms with E-state index in [4.69, 9.17) is 9.47 Å². The van der Waals surface area contributed by atoms with E-state index in [1.807, 2.05) is 12.1 Å². The van der Waals surface area contributed by atoms with Gasteiger partial charge in [-0.2, -0.15) is 13.2 Å². The summed E-state index contributed by atoms with van der Waals surface area (Å²) >= 11 is 0. The summed E-state index contributed by atoms with van der Waals surface area (Å²) in [7, 11) is 0. The number of ether oxygens (including phenoxy) is 2. The van der Waals surface area contributed by atoms with Crippen molar-refractivity contribution in [3.05, 3.63) is 70.2 Å². The molecule has 4 rings (SSSR count). The number of benzene rings is 1. The van der Waals surface area contributed by atoms with Crippen molar-refractivity contribution in [3.8, 4) is 17.1 Å². The van der Waals surface area contributed by atoms with Crippen LogP contribution < -0.4 is 4.74 Å². The van der Waals surface area contributed by atoms with Gasteiger partial charge in [0.2, 0.25) is 0 Å². The Morgan fingerprint density at radius 1 is 1.20 bits per heavy atom. The number of fused-ring (bicyclic) bond motifs is 1. The van der Waals surface area contributed by atoms with Gasteiger partial charge in [-0.1, -0.05) is 30.3 Å². The number of alkyl halides is 3. The van der Waals surface area contributed by atoms with Crippen LogP contribution in [0.3, 0.4) is 0 Å². The zero-order valence-electron chi connectivity index (χ0n) is 15.4. The van der Waals surface area contributed by atoms with Gasteiger partial charge < -0.3 is 19.6 Å². The Kier molecular flexibility index (Phi) is 5.12. The highest BCUT2D eigenvalue weighted by Crippen LogP contribution is 2.29. The Balaban J connectivity index is 1.35. The lowest BCUT2D eigenvalue weighted by molar-refractivity contribution is -0.389. The normalized spacial score (nSPS) is 16.0. The van der Waals surface area contributed by atoms with Gasteiger partial charge in [0, 0.05) is 16.7 Å². The molecule has 0 saturated carbocycles. The molecule has 156 valence electrons. The summed E-state index contributed by atoms with van der Waals surface area (Å²) in [6.45, 7) is 0.890. The molecule has 2 aromatic heterocycles. The van der Waals surface area contributed by atoms with Crippen LogP contribution in [0.15, 0.2) is 48.8 Å². The molecule has 0 aliphatic carbocycles. The molecule has 0 bridgehead atoms. The molecule has 0 radical (unpaired) electrons. The first-order valence-electron chi connectivity index (χ1n) is 8.88. The average Bonchev–Trinajstić information content (AvgIpc) is 3.16. The Bertz CT molecular complexity index is 1050. The molecular formula is C19H15F3N4O4. The predicted octanol–water partition coefficient (Wildman–Crippen LogP) is 3.85. The zero-order valence-corrected chi connectivity index (χ0v) is 15.4. The predicted molar refractivity (Wildman–Crippen MR) is 97.6 cm³/mol. The fourth-order valence-corrected chi connectivity index (χ4v) is 3.00. The van der Waals surface area contributed by atoms with Crippen LogP contribution in [-0.4, -0.2) is 32.2 Å². The van der Waals surface area contributed by atoms with Crippen molar-refractivity contribution in [2.75, 3.05) is 6.61 Å². The molecule has 0 spiro atoms. The highest BCUT2D eigenvalue weighted by molar-refractivity contribution is 5.62. The summed E-state index contributed by atoms with van der Waals surface area (Å²) in [6, 6.07) is 9.69. The maximum absolute atomic E-state index is 12.6. The van der Waals surface area contributed by atoms with Crippen molar-refractivity contribution in [1.82, 2.24) is 14.5 Å². The van der Waals surface area contributed by atoms with E-state index < -0.39 is 16.8 Å². The molecule has 8 nitrogen and oxygen atoms in total. The third-order valence-corrected chi connectivity index (χ3v) is 4.54. The summed E-state index contributed by atoms with van der Waals surface area (Å²) in [4.78, 5) is 17.4. The van der Waals surface area contributed by atoms with E-state index >= 15 is 0 Å². The number of hydrogen-bond acceptors (Lipinski definition) is 6. The highest BCUT2D eigenvalue weighted by Gasteiger charge is 2.32. The maximum atomic E-state index is 12.6.